The second-order valence-electron chi connectivity index (χ2n) is 6.51. The van der Waals surface area contributed by atoms with Gasteiger partial charge in [-0.2, -0.15) is 0 Å². The van der Waals surface area contributed by atoms with Crippen LogP contribution in [0.2, 0.25) is 5.02 Å². The molecule has 0 aliphatic carbocycles. The van der Waals surface area contributed by atoms with Gasteiger partial charge in [0, 0.05) is 21.5 Å². The van der Waals surface area contributed by atoms with Crippen LogP contribution in [0.25, 0.3) is 17.3 Å². The fraction of sp³-hybridized carbons (Fsp3) is 0.217. The number of rotatable bonds is 8. The molecule has 30 heavy (non-hydrogen) atoms. The predicted octanol–water partition coefficient (Wildman–Crippen LogP) is 6.22. The second kappa shape index (κ2) is 10.3. The van der Waals surface area contributed by atoms with E-state index in [4.69, 9.17) is 21.1 Å². The quantitative estimate of drug-likeness (QED) is 0.420. The molecule has 0 unspecified atom stereocenters. The number of anilines is 1. The van der Waals surface area contributed by atoms with E-state index in [0.29, 0.717) is 28.3 Å². The van der Waals surface area contributed by atoms with Gasteiger partial charge in [-0.15, -0.1) is 11.3 Å². The maximum atomic E-state index is 12.3. The summed E-state index contributed by atoms with van der Waals surface area (Å²) < 4.78 is 11.0. The van der Waals surface area contributed by atoms with Crippen LogP contribution in [0.3, 0.4) is 0 Å². The van der Waals surface area contributed by atoms with Crippen LogP contribution in [0.15, 0.2) is 48.5 Å². The van der Waals surface area contributed by atoms with Crippen LogP contribution in [0, 0.1) is 6.92 Å². The summed E-state index contributed by atoms with van der Waals surface area (Å²) in [7, 11) is 1.59. The lowest BCUT2D eigenvalue weighted by Crippen LogP contribution is -2.07. The van der Waals surface area contributed by atoms with Gasteiger partial charge in [-0.1, -0.05) is 36.7 Å². The number of thiazole rings is 1. The van der Waals surface area contributed by atoms with Gasteiger partial charge in [0.05, 0.1) is 19.4 Å². The number of hydrogen-bond donors (Lipinski definition) is 1. The standard InChI is InChI=1S/C23H23ClN2O3S/c1-4-13-29-19-11-5-16(14-20(19)28-3)6-12-21(27)25-23-26-22(15(2)30-23)17-7-9-18(24)10-8-17/h5-12,14H,4,13H2,1-3H3,(H,25,26,27)/b12-6+. The zero-order valence-corrected chi connectivity index (χ0v) is 18.6. The summed E-state index contributed by atoms with van der Waals surface area (Å²) in [5, 5.41) is 4.04. The molecule has 2 aromatic carbocycles. The first-order valence-corrected chi connectivity index (χ1v) is 10.7. The topological polar surface area (TPSA) is 60.5 Å². The van der Waals surface area contributed by atoms with Crippen LogP contribution in [0.5, 0.6) is 11.5 Å². The molecule has 0 radical (unpaired) electrons. The summed E-state index contributed by atoms with van der Waals surface area (Å²) in [5.74, 6) is 1.07. The lowest BCUT2D eigenvalue weighted by Gasteiger charge is -2.10. The largest absolute Gasteiger partial charge is 0.493 e. The van der Waals surface area contributed by atoms with Crippen molar-refractivity contribution in [2.75, 3.05) is 19.0 Å². The molecule has 0 saturated heterocycles. The molecular weight excluding hydrogens is 420 g/mol. The highest BCUT2D eigenvalue weighted by Crippen LogP contribution is 2.31. The van der Waals surface area contributed by atoms with Gasteiger partial charge >= 0.3 is 0 Å². The third kappa shape index (κ3) is 5.62. The van der Waals surface area contributed by atoms with Crippen molar-refractivity contribution in [1.82, 2.24) is 4.98 Å². The van der Waals surface area contributed by atoms with Crippen LogP contribution in [0.4, 0.5) is 5.13 Å². The number of nitrogens with one attached hydrogen (secondary N) is 1. The van der Waals surface area contributed by atoms with Crippen LogP contribution >= 0.6 is 22.9 Å². The number of benzene rings is 2. The molecule has 3 aromatic rings. The Kier molecular flexibility index (Phi) is 7.49. The third-order valence-electron chi connectivity index (χ3n) is 4.22. The summed E-state index contributed by atoms with van der Waals surface area (Å²) in [4.78, 5) is 17.9. The zero-order chi connectivity index (χ0) is 21.5. The SMILES string of the molecule is CCCOc1ccc(/C=C/C(=O)Nc2nc(-c3ccc(Cl)cc3)c(C)s2)cc1OC. The molecule has 0 aliphatic heterocycles. The van der Waals surface area contributed by atoms with Crippen LogP contribution in [-0.4, -0.2) is 24.6 Å². The fourth-order valence-corrected chi connectivity index (χ4v) is 3.73. The van der Waals surface area contributed by atoms with Crippen molar-refractivity contribution >= 4 is 40.1 Å². The summed E-state index contributed by atoms with van der Waals surface area (Å²) in [5.41, 5.74) is 2.63. The molecule has 3 rings (SSSR count). The van der Waals surface area contributed by atoms with Crippen LogP contribution in [0.1, 0.15) is 23.8 Å². The molecule has 1 aromatic heterocycles. The average Bonchev–Trinajstić information content (AvgIpc) is 3.11. The monoisotopic (exact) mass is 442 g/mol. The van der Waals surface area contributed by atoms with Crippen molar-refractivity contribution in [2.45, 2.75) is 20.3 Å². The number of aryl methyl sites for hydroxylation is 1. The summed E-state index contributed by atoms with van der Waals surface area (Å²) in [6.45, 7) is 4.64. The number of carbonyl (C=O) groups excluding carboxylic acids is 1. The number of hydrogen-bond acceptors (Lipinski definition) is 5. The van der Waals surface area contributed by atoms with Gasteiger partial charge in [-0.25, -0.2) is 4.98 Å². The molecule has 1 amide bonds. The van der Waals surface area contributed by atoms with E-state index >= 15 is 0 Å². The van der Waals surface area contributed by atoms with Crippen molar-refractivity contribution < 1.29 is 14.3 Å². The van der Waals surface area contributed by atoms with Gasteiger partial charge in [0.25, 0.3) is 0 Å². The molecule has 1 N–H and O–H groups in total. The molecule has 0 saturated carbocycles. The van der Waals surface area contributed by atoms with Gasteiger partial charge in [-0.3, -0.25) is 10.1 Å². The maximum Gasteiger partial charge on any atom is 0.250 e. The summed E-state index contributed by atoms with van der Waals surface area (Å²) in [6.07, 6.45) is 4.11. The van der Waals surface area contributed by atoms with Gasteiger partial charge in [-0.05, 0) is 49.2 Å². The Labute approximate surface area is 185 Å². The Morgan fingerprint density at radius 2 is 1.97 bits per heavy atom. The highest BCUT2D eigenvalue weighted by Gasteiger charge is 2.11. The number of aromatic nitrogens is 1. The Balaban J connectivity index is 1.68. The first kappa shape index (κ1) is 21.9. The van der Waals surface area contributed by atoms with E-state index in [1.165, 1.54) is 17.4 Å². The van der Waals surface area contributed by atoms with E-state index in [9.17, 15) is 4.79 Å². The number of ether oxygens (including phenoxy) is 2. The summed E-state index contributed by atoms with van der Waals surface area (Å²) in [6, 6.07) is 13.0. The lowest BCUT2D eigenvalue weighted by molar-refractivity contribution is -0.111. The maximum absolute atomic E-state index is 12.3. The van der Waals surface area contributed by atoms with Crippen molar-refractivity contribution in [3.8, 4) is 22.8 Å². The van der Waals surface area contributed by atoms with E-state index < -0.39 is 0 Å². The highest BCUT2D eigenvalue weighted by molar-refractivity contribution is 7.16. The molecule has 0 bridgehead atoms. The first-order chi connectivity index (χ1) is 14.5. The van der Waals surface area contributed by atoms with E-state index in [1.54, 1.807) is 13.2 Å². The van der Waals surface area contributed by atoms with Crippen LogP contribution in [-0.2, 0) is 4.79 Å². The minimum Gasteiger partial charge on any atom is -0.493 e. The number of amides is 1. The minimum absolute atomic E-state index is 0.253. The van der Waals surface area contributed by atoms with E-state index in [0.717, 1.165) is 28.1 Å². The van der Waals surface area contributed by atoms with E-state index in [1.807, 2.05) is 56.3 Å². The Bertz CT molecular complexity index is 1050. The molecule has 156 valence electrons. The first-order valence-electron chi connectivity index (χ1n) is 9.53. The normalized spacial score (nSPS) is 10.9. The van der Waals surface area contributed by atoms with Crippen molar-refractivity contribution in [3.63, 3.8) is 0 Å². The Hall–Kier alpha value is -2.83. The van der Waals surface area contributed by atoms with E-state index in [-0.39, 0.29) is 5.91 Å². The van der Waals surface area contributed by atoms with Crippen LogP contribution < -0.4 is 14.8 Å². The molecule has 7 heteroatoms. The number of nitrogens with zero attached hydrogens (tertiary/aromatic N) is 1. The zero-order valence-electron chi connectivity index (χ0n) is 17.1. The number of methoxy groups -OCH3 is 1. The van der Waals surface area contributed by atoms with E-state index in [2.05, 4.69) is 10.3 Å². The van der Waals surface area contributed by atoms with Crippen molar-refractivity contribution in [3.05, 3.63) is 64.0 Å². The molecule has 0 atom stereocenters. The summed E-state index contributed by atoms with van der Waals surface area (Å²) >= 11 is 7.38. The smallest absolute Gasteiger partial charge is 0.250 e. The van der Waals surface area contributed by atoms with Gasteiger partial charge in [0.1, 0.15) is 0 Å². The molecular formula is C23H23ClN2O3S. The van der Waals surface area contributed by atoms with Gasteiger partial charge in [0.15, 0.2) is 16.6 Å². The number of halogens is 1. The number of carbonyl (C=O) groups is 1. The molecule has 0 fully saturated rings. The third-order valence-corrected chi connectivity index (χ3v) is 5.36. The van der Waals surface area contributed by atoms with Crippen molar-refractivity contribution in [2.24, 2.45) is 0 Å². The van der Waals surface area contributed by atoms with Crippen molar-refractivity contribution in [1.29, 1.82) is 0 Å². The molecule has 0 spiro atoms. The van der Waals surface area contributed by atoms with Gasteiger partial charge < -0.3 is 9.47 Å². The minimum atomic E-state index is -0.253. The second-order valence-corrected chi connectivity index (χ2v) is 8.15. The Morgan fingerprint density at radius 3 is 2.67 bits per heavy atom. The molecule has 5 nitrogen and oxygen atoms in total. The Morgan fingerprint density at radius 1 is 1.20 bits per heavy atom. The average molecular weight is 443 g/mol. The highest BCUT2D eigenvalue weighted by atomic mass is 35.5. The molecule has 0 aliphatic rings. The predicted molar refractivity (Wildman–Crippen MR) is 124 cm³/mol. The fourth-order valence-electron chi connectivity index (χ4n) is 2.76. The molecule has 1 heterocycles. The lowest BCUT2D eigenvalue weighted by atomic mass is 10.1. The van der Waals surface area contributed by atoms with Gasteiger partial charge in [0.2, 0.25) is 5.91 Å².